The molecule has 2 aliphatic rings. The summed E-state index contributed by atoms with van der Waals surface area (Å²) in [6.07, 6.45) is -2.81. The number of hydrogen-bond donors (Lipinski definition) is 3. The number of fused-ring (bicyclic) bond motifs is 2. The van der Waals surface area contributed by atoms with Gasteiger partial charge in [-0.3, -0.25) is 4.79 Å². The zero-order valence-electron chi connectivity index (χ0n) is 11.6. The molecule has 0 aromatic heterocycles. The molecule has 0 radical (unpaired) electrons. The number of halogens is 4. The molecule has 0 spiro atoms. The standard InChI is InChI=1S/C13H21F3N2O2.ClH/c14-13(15,16)10(19)6-18-12(20)9-4-7-2-1-3-8(5-9)11(7)17;/h7-11,19H,1-6,17H2,(H,18,20);1H. The fourth-order valence-electron chi connectivity index (χ4n) is 3.46. The van der Waals surface area contributed by atoms with Crippen molar-refractivity contribution in [2.24, 2.45) is 23.5 Å². The van der Waals surface area contributed by atoms with Crippen LogP contribution in [0, 0.1) is 17.8 Å². The highest BCUT2D eigenvalue weighted by molar-refractivity contribution is 5.85. The molecule has 2 fully saturated rings. The van der Waals surface area contributed by atoms with Crippen LogP contribution in [-0.4, -0.2) is 35.9 Å². The van der Waals surface area contributed by atoms with Gasteiger partial charge in [0.1, 0.15) is 0 Å². The lowest BCUT2D eigenvalue weighted by atomic mass is 9.65. The van der Waals surface area contributed by atoms with Crippen molar-refractivity contribution in [1.82, 2.24) is 5.32 Å². The van der Waals surface area contributed by atoms with Gasteiger partial charge in [-0.25, -0.2) is 0 Å². The summed E-state index contributed by atoms with van der Waals surface area (Å²) in [5.74, 6) is -0.0702. The zero-order valence-corrected chi connectivity index (χ0v) is 12.4. The Morgan fingerprint density at radius 3 is 2.29 bits per heavy atom. The molecular weight excluding hydrogens is 309 g/mol. The number of hydrogen-bond acceptors (Lipinski definition) is 3. The minimum atomic E-state index is -4.70. The molecule has 3 atom stereocenters. The molecule has 3 unspecified atom stereocenters. The molecule has 4 N–H and O–H groups in total. The number of aliphatic hydroxyl groups excluding tert-OH is 1. The molecule has 2 rings (SSSR count). The molecule has 2 saturated carbocycles. The smallest absolute Gasteiger partial charge is 0.382 e. The number of alkyl halides is 3. The van der Waals surface area contributed by atoms with E-state index in [1.165, 1.54) is 0 Å². The van der Waals surface area contributed by atoms with Gasteiger partial charge >= 0.3 is 6.18 Å². The van der Waals surface area contributed by atoms with Crippen LogP contribution in [0.1, 0.15) is 32.1 Å². The zero-order chi connectivity index (χ0) is 14.9. The molecule has 0 aromatic carbocycles. The number of amides is 1. The Bertz CT molecular complexity index is 354. The first-order valence-corrected chi connectivity index (χ1v) is 7.07. The molecule has 1 amide bonds. The lowest BCUT2D eigenvalue weighted by Crippen LogP contribution is -2.50. The monoisotopic (exact) mass is 330 g/mol. The highest BCUT2D eigenvalue weighted by atomic mass is 35.5. The van der Waals surface area contributed by atoms with Crippen LogP contribution in [0.5, 0.6) is 0 Å². The summed E-state index contributed by atoms with van der Waals surface area (Å²) in [5, 5.41) is 11.1. The van der Waals surface area contributed by atoms with Crippen LogP contribution < -0.4 is 11.1 Å². The molecule has 2 aliphatic carbocycles. The van der Waals surface area contributed by atoms with Crippen molar-refractivity contribution in [3.63, 3.8) is 0 Å². The number of rotatable bonds is 3. The van der Waals surface area contributed by atoms with E-state index >= 15 is 0 Å². The Labute approximate surface area is 128 Å². The Balaban J connectivity index is 0.00000220. The van der Waals surface area contributed by atoms with Gasteiger partial charge in [0.15, 0.2) is 6.10 Å². The third-order valence-electron chi connectivity index (χ3n) is 4.63. The van der Waals surface area contributed by atoms with Crippen LogP contribution in [0.15, 0.2) is 0 Å². The van der Waals surface area contributed by atoms with E-state index in [9.17, 15) is 18.0 Å². The lowest BCUT2D eigenvalue weighted by molar-refractivity contribution is -0.202. The van der Waals surface area contributed by atoms with Crippen LogP contribution in [0.25, 0.3) is 0 Å². The van der Waals surface area contributed by atoms with Gasteiger partial charge in [0.05, 0.1) is 6.54 Å². The normalized spacial score (nSPS) is 33.8. The highest BCUT2D eigenvalue weighted by Gasteiger charge is 2.42. The van der Waals surface area contributed by atoms with Crippen LogP contribution in [-0.2, 0) is 4.79 Å². The van der Waals surface area contributed by atoms with E-state index in [1.54, 1.807) is 0 Å². The van der Waals surface area contributed by atoms with Gasteiger partial charge in [-0.05, 0) is 37.5 Å². The molecule has 0 saturated heterocycles. The molecule has 8 heteroatoms. The van der Waals surface area contributed by atoms with Crippen molar-refractivity contribution in [1.29, 1.82) is 0 Å². The molecule has 124 valence electrons. The van der Waals surface area contributed by atoms with E-state index in [0.29, 0.717) is 24.7 Å². The minimum absolute atomic E-state index is 0. The van der Waals surface area contributed by atoms with Crippen LogP contribution in [0.4, 0.5) is 13.2 Å². The Kier molecular flexibility index (Phi) is 6.31. The summed E-state index contributed by atoms with van der Waals surface area (Å²) >= 11 is 0. The average Bonchev–Trinajstić information content (AvgIpc) is 2.33. The van der Waals surface area contributed by atoms with E-state index < -0.39 is 24.7 Å². The fourth-order valence-corrected chi connectivity index (χ4v) is 3.46. The van der Waals surface area contributed by atoms with Crippen LogP contribution >= 0.6 is 12.4 Å². The molecule has 4 nitrogen and oxygen atoms in total. The van der Waals surface area contributed by atoms with Gasteiger partial charge in [0.25, 0.3) is 0 Å². The topological polar surface area (TPSA) is 75.4 Å². The third-order valence-corrected chi connectivity index (χ3v) is 4.63. The quantitative estimate of drug-likeness (QED) is 0.736. The van der Waals surface area contributed by atoms with Crippen molar-refractivity contribution in [2.45, 2.75) is 50.4 Å². The SMILES string of the molecule is Cl.NC1C2CCCC1CC(C(=O)NCC(O)C(F)(F)F)C2. The van der Waals surface area contributed by atoms with Crippen LogP contribution in [0.3, 0.4) is 0 Å². The number of aliphatic hydroxyl groups is 1. The van der Waals surface area contributed by atoms with Crippen molar-refractivity contribution in [3.8, 4) is 0 Å². The predicted molar refractivity (Wildman–Crippen MR) is 73.8 cm³/mol. The summed E-state index contributed by atoms with van der Waals surface area (Å²) in [5.41, 5.74) is 6.11. The number of carbonyl (C=O) groups excluding carboxylic acids is 1. The Hall–Kier alpha value is -0.530. The average molecular weight is 331 g/mol. The summed E-state index contributed by atoms with van der Waals surface area (Å²) in [7, 11) is 0. The highest BCUT2D eigenvalue weighted by Crippen LogP contribution is 2.41. The van der Waals surface area contributed by atoms with Gasteiger partial charge in [0, 0.05) is 12.0 Å². The molecule has 21 heavy (non-hydrogen) atoms. The first-order valence-electron chi connectivity index (χ1n) is 7.07. The van der Waals surface area contributed by atoms with Gasteiger partial charge < -0.3 is 16.2 Å². The Morgan fingerprint density at radius 1 is 1.29 bits per heavy atom. The number of carbonyl (C=O) groups is 1. The molecule has 0 aliphatic heterocycles. The summed E-state index contributed by atoms with van der Waals surface area (Å²) in [6.45, 7) is -0.778. The van der Waals surface area contributed by atoms with Crippen molar-refractivity contribution in [2.75, 3.05) is 6.54 Å². The van der Waals surface area contributed by atoms with Gasteiger partial charge in [-0.15, -0.1) is 12.4 Å². The molecule has 0 heterocycles. The van der Waals surface area contributed by atoms with Gasteiger partial charge in [-0.1, -0.05) is 6.42 Å². The van der Waals surface area contributed by atoms with E-state index in [4.69, 9.17) is 10.8 Å². The first-order chi connectivity index (χ1) is 9.29. The third kappa shape index (κ3) is 4.47. The maximum absolute atomic E-state index is 12.2. The summed E-state index contributed by atoms with van der Waals surface area (Å²) < 4.78 is 36.5. The molecule has 2 bridgehead atoms. The maximum Gasteiger partial charge on any atom is 0.416 e. The van der Waals surface area contributed by atoms with Gasteiger partial charge in [0.2, 0.25) is 5.91 Å². The van der Waals surface area contributed by atoms with E-state index in [1.807, 2.05) is 0 Å². The number of nitrogens with one attached hydrogen (secondary N) is 1. The number of nitrogens with two attached hydrogens (primary N) is 1. The second-order valence-corrected chi connectivity index (χ2v) is 6.00. The fraction of sp³-hybridized carbons (Fsp3) is 0.923. The van der Waals surface area contributed by atoms with Crippen LogP contribution in [0.2, 0.25) is 0 Å². The molecular formula is C13H22ClF3N2O2. The van der Waals surface area contributed by atoms with E-state index in [0.717, 1.165) is 19.3 Å². The largest absolute Gasteiger partial charge is 0.416 e. The van der Waals surface area contributed by atoms with Crippen molar-refractivity contribution in [3.05, 3.63) is 0 Å². The summed E-state index contributed by atoms with van der Waals surface area (Å²) in [4.78, 5) is 11.9. The van der Waals surface area contributed by atoms with Crippen molar-refractivity contribution >= 4 is 18.3 Å². The van der Waals surface area contributed by atoms with E-state index in [2.05, 4.69) is 5.32 Å². The molecule has 0 aromatic rings. The lowest BCUT2D eigenvalue weighted by Gasteiger charge is -2.43. The Morgan fingerprint density at radius 2 is 1.81 bits per heavy atom. The maximum atomic E-state index is 12.2. The first kappa shape index (κ1) is 18.5. The second-order valence-electron chi connectivity index (χ2n) is 6.00. The predicted octanol–water partition coefficient (Wildman–Crippen LogP) is 1.60. The summed E-state index contributed by atoms with van der Waals surface area (Å²) in [6, 6.07) is 0.119. The van der Waals surface area contributed by atoms with Gasteiger partial charge in [-0.2, -0.15) is 13.2 Å². The van der Waals surface area contributed by atoms with E-state index in [-0.39, 0.29) is 24.4 Å². The van der Waals surface area contributed by atoms with Crippen molar-refractivity contribution < 1.29 is 23.1 Å². The minimum Gasteiger partial charge on any atom is -0.382 e. The second kappa shape index (κ2) is 7.15.